The number of nitrogens with one attached hydrogen (secondary N) is 2. The van der Waals surface area contributed by atoms with Crippen LogP contribution in [0.1, 0.15) is 16.7 Å². The van der Waals surface area contributed by atoms with Gasteiger partial charge in [-0.2, -0.15) is 4.98 Å². The van der Waals surface area contributed by atoms with Crippen LogP contribution in [0.4, 0.5) is 16.6 Å². The van der Waals surface area contributed by atoms with Crippen molar-refractivity contribution in [3.05, 3.63) is 83.4 Å². The molecule has 4 aromatic rings. The molecule has 0 spiro atoms. The van der Waals surface area contributed by atoms with Crippen LogP contribution >= 0.6 is 0 Å². The molecule has 1 atom stereocenters. The lowest BCUT2D eigenvalue weighted by Crippen LogP contribution is -2.65. The monoisotopic (exact) mass is 587 g/mol. The molecule has 42 heavy (non-hydrogen) atoms. The number of aromatic nitrogens is 2. The van der Waals surface area contributed by atoms with E-state index in [0.717, 1.165) is 38.2 Å². The number of ether oxygens (including phenoxy) is 3. The maximum absolute atomic E-state index is 12.9. The number of carbonyl (C=O) groups is 1. The lowest BCUT2D eigenvalue weighted by atomic mass is 9.97. The molecule has 2 N–H and O–H groups in total. The number of alkyl carbamates (subject to hydrolysis) is 1. The number of hydrogen-bond donors (Lipinski definition) is 2. The molecular formula is C31H33N5O5S. The van der Waals surface area contributed by atoms with Crippen LogP contribution in [0.15, 0.2) is 71.6 Å². The number of nitrogens with zero attached hydrogens (tertiary/aromatic N) is 3. The third-order valence-electron chi connectivity index (χ3n) is 7.50. The van der Waals surface area contributed by atoms with Gasteiger partial charge in [-0.3, -0.25) is 0 Å². The van der Waals surface area contributed by atoms with Gasteiger partial charge in [-0.25, -0.2) is 9.78 Å². The summed E-state index contributed by atoms with van der Waals surface area (Å²) in [5, 5.41) is 7.35. The minimum Gasteiger partial charge on any atom is -0.611 e. The normalized spacial score (nSPS) is 17.5. The van der Waals surface area contributed by atoms with E-state index in [4.69, 9.17) is 24.2 Å². The van der Waals surface area contributed by atoms with Crippen molar-refractivity contribution >= 4 is 39.9 Å². The summed E-state index contributed by atoms with van der Waals surface area (Å²) in [7, 11) is 1.61. The van der Waals surface area contributed by atoms with Crippen LogP contribution in [-0.4, -0.2) is 65.3 Å². The van der Waals surface area contributed by atoms with E-state index in [0.29, 0.717) is 50.4 Å². The highest BCUT2D eigenvalue weighted by Crippen LogP contribution is 2.29. The van der Waals surface area contributed by atoms with Gasteiger partial charge in [-0.15, -0.1) is 0 Å². The quantitative estimate of drug-likeness (QED) is 0.293. The summed E-state index contributed by atoms with van der Waals surface area (Å²) < 4.78 is 29.0. The number of fused-ring (bicyclic) bond motifs is 2. The van der Waals surface area contributed by atoms with Crippen molar-refractivity contribution in [1.29, 1.82) is 0 Å². The summed E-state index contributed by atoms with van der Waals surface area (Å²) in [4.78, 5) is 25.5. The zero-order valence-electron chi connectivity index (χ0n) is 23.6. The predicted molar refractivity (Wildman–Crippen MR) is 161 cm³/mol. The van der Waals surface area contributed by atoms with Crippen molar-refractivity contribution in [2.45, 2.75) is 30.5 Å². The van der Waals surface area contributed by atoms with E-state index < -0.39 is 22.8 Å². The third kappa shape index (κ3) is 6.08. The van der Waals surface area contributed by atoms with Gasteiger partial charge in [-0.05, 0) is 54.0 Å². The number of benzene rings is 3. The number of rotatable bonds is 8. The summed E-state index contributed by atoms with van der Waals surface area (Å²) >= 11 is -1.08. The number of aryl methyl sites for hydroxylation is 1. The van der Waals surface area contributed by atoms with Gasteiger partial charge in [-0.1, -0.05) is 42.0 Å². The minimum absolute atomic E-state index is 0.142. The van der Waals surface area contributed by atoms with Crippen LogP contribution < -0.4 is 20.3 Å². The van der Waals surface area contributed by atoms with Crippen LogP contribution in [0.2, 0.25) is 0 Å². The Morgan fingerprint density at radius 1 is 1.12 bits per heavy atom. The van der Waals surface area contributed by atoms with Crippen molar-refractivity contribution in [2.75, 3.05) is 49.4 Å². The molecule has 1 saturated heterocycles. The number of methoxy groups -OCH3 is 1. The maximum atomic E-state index is 12.9. The van der Waals surface area contributed by atoms with Crippen LogP contribution in [0.5, 0.6) is 5.75 Å². The standard InChI is InChI=1S/C31H33N5O5S/c1-21-7-12-26-25(15-21)28(34-29(33-26)36-13-14-42(38)27-6-4-3-5-23(27)16-36)32-18-31(19-40-20-31)35-30(37)41-17-22-8-10-24(39-2)11-9-22/h3-12,15H,13-14,16-20H2,1-2H3,(H,35,37)(H,32,33,34). The molecule has 1 amide bonds. The van der Waals surface area contributed by atoms with Crippen molar-refractivity contribution in [2.24, 2.45) is 0 Å². The van der Waals surface area contributed by atoms with Crippen molar-refractivity contribution in [3.8, 4) is 5.75 Å². The third-order valence-corrected chi connectivity index (χ3v) is 8.94. The first-order chi connectivity index (χ1) is 20.4. The molecule has 0 saturated carbocycles. The van der Waals surface area contributed by atoms with E-state index in [2.05, 4.69) is 21.6 Å². The Bertz CT molecular complexity index is 1580. The van der Waals surface area contributed by atoms with Gasteiger partial charge in [0.2, 0.25) is 5.95 Å². The number of amides is 1. The van der Waals surface area contributed by atoms with Gasteiger partial charge < -0.3 is 34.3 Å². The molecule has 1 aromatic heterocycles. The molecular weight excluding hydrogens is 554 g/mol. The molecule has 1 unspecified atom stereocenters. The molecule has 0 radical (unpaired) electrons. The average molecular weight is 588 g/mol. The highest BCUT2D eigenvalue weighted by atomic mass is 32.2. The van der Waals surface area contributed by atoms with Crippen molar-refractivity contribution < 1.29 is 23.6 Å². The Morgan fingerprint density at radius 2 is 1.93 bits per heavy atom. The Morgan fingerprint density at radius 3 is 2.69 bits per heavy atom. The summed E-state index contributed by atoms with van der Waals surface area (Å²) in [6.45, 7) is 4.39. The van der Waals surface area contributed by atoms with Crippen LogP contribution in [-0.2, 0) is 33.8 Å². The maximum Gasteiger partial charge on any atom is 0.408 e. The van der Waals surface area contributed by atoms with Crippen LogP contribution in [0.25, 0.3) is 10.9 Å². The molecule has 0 aliphatic carbocycles. The van der Waals surface area contributed by atoms with E-state index in [-0.39, 0.29) is 6.61 Å². The summed E-state index contributed by atoms with van der Waals surface area (Å²) in [6.07, 6.45) is -0.517. The predicted octanol–water partition coefficient (Wildman–Crippen LogP) is 4.18. The summed E-state index contributed by atoms with van der Waals surface area (Å²) in [5.74, 6) is 2.47. The van der Waals surface area contributed by atoms with Gasteiger partial charge in [0.1, 0.15) is 29.5 Å². The SMILES string of the molecule is COc1ccc(COC(=O)NC2(CNc3nc(N4CC[S+]([O-])c5ccccc5C4)nc4ccc(C)cc34)COC2)cc1. The minimum atomic E-state index is -1.08. The zero-order valence-corrected chi connectivity index (χ0v) is 24.4. The molecule has 6 rings (SSSR count). The second kappa shape index (κ2) is 12.0. The smallest absolute Gasteiger partial charge is 0.408 e. The van der Waals surface area contributed by atoms with E-state index in [9.17, 15) is 9.35 Å². The Kier molecular flexibility index (Phi) is 8.05. The van der Waals surface area contributed by atoms with E-state index >= 15 is 0 Å². The van der Waals surface area contributed by atoms with Gasteiger partial charge in [0.15, 0.2) is 4.90 Å². The first-order valence-electron chi connectivity index (χ1n) is 13.8. The largest absolute Gasteiger partial charge is 0.611 e. The van der Waals surface area contributed by atoms with E-state index in [1.54, 1.807) is 7.11 Å². The molecule has 11 heteroatoms. The van der Waals surface area contributed by atoms with Gasteiger partial charge in [0.05, 0.1) is 38.9 Å². The van der Waals surface area contributed by atoms with Gasteiger partial charge >= 0.3 is 6.09 Å². The van der Waals surface area contributed by atoms with Crippen molar-refractivity contribution in [1.82, 2.24) is 15.3 Å². The van der Waals surface area contributed by atoms with E-state index in [1.165, 1.54) is 0 Å². The first kappa shape index (κ1) is 28.1. The lowest BCUT2D eigenvalue weighted by Gasteiger charge is -2.41. The zero-order chi connectivity index (χ0) is 29.1. The molecule has 2 aliphatic heterocycles. The molecule has 1 fully saturated rings. The van der Waals surface area contributed by atoms with Gasteiger partial charge in [0, 0.05) is 17.5 Å². The van der Waals surface area contributed by atoms with Crippen molar-refractivity contribution in [3.63, 3.8) is 0 Å². The highest BCUT2D eigenvalue weighted by molar-refractivity contribution is 7.91. The first-order valence-corrected chi connectivity index (χ1v) is 15.1. The summed E-state index contributed by atoms with van der Waals surface area (Å²) in [6, 6.07) is 21.3. The number of hydrogen-bond acceptors (Lipinski definition) is 9. The Labute approximate surface area is 247 Å². The lowest BCUT2D eigenvalue weighted by molar-refractivity contribution is -0.0650. The number of anilines is 2. The summed E-state index contributed by atoms with van der Waals surface area (Å²) in [5.41, 5.74) is 3.12. The molecule has 218 valence electrons. The molecule has 0 bridgehead atoms. The average Bonchev–Trinajstić information content (AvgIpc) is 3.16. The fourth-order valence-electron chi connectivity index (χ4n) is 5.06. The molecule has 2 aliphatic rings. The second-order valence-corrected chi connectivity index (χ2v) is 12.2. The highest BCUT2D eigenvalue weighted by Gasteiger charge is 2.41. The topological polar surface area (TPSA) is 121 Å². The number of carbonyl (C=O) groups excluding carboxylic acids is 1. The van der Waals surface area contributed by atoms with Crippen LogP contribution in [0, 0.1) is 6.92 Å². The second-order valence-electron chi connectivity index (χ2n) is 10.6. The van der Waals surface area contributed by atoms with Crippen LogP contribution in [0.3, 0.4) is 0 Å². The fraction of sp³-hybridized carbons (Fsp3) is 0.323. The van der Waals surface area contributed by atoms with E-state index in [1.807, 2.05) is 67.6 Å². The molecule has 10 nitrogen and oxygen atoms in total. The fourth-order valence-corrected chi connectivity index (χ4v) is 6.33. The Hall–Kier alpha value is -4.06. The Balaban J connectivity index is 1.19. The molecule has 3 heterocycles. The van der Waals surface area contributed by atoms with Gasteiger partial charge in [0.25, 0.3) is 0 Å². The molecule has 3 aromatic carbocycles.